The summed E-state index contributed by atoms with van der Waals surface area (Å²) in [5, 5.41) is 16.8. The molecule has 21 heavy (non-hydrogen) atoms. The lowest BCUT2D eigenvalue weighted by molar-refractivity contribution is 0.507. The smallest absolute Gasteiger partial charge is 0.292 e. The van der Waals surface area contributed by atoms with Crippen LogP contribution in [0.2, 0.25) is 0 Å². The lowest BCUT2D eigenvalue weighted by atomic mass is 10.1. The van der Waals surface area contributed by atoms with Crippen molar-refractivity contribution in [2.24, 2.45) is 0 Å². The van der Waals surface area contributed by atoms with Crippen LogP contribution in [-0.2, 0) is 6.42 Å². The molecule has 0 aliphatic carbocycles. The topological polar surface area (TPSA) is 66.0 Å². The fraction of sp³-hybridized carbons (Fsp3) is 0.0588. The normalized spacial score (nSPS) is 9.81. The molecule has 0 saturated carbocycles. The lowest BCUT2D eigenvalue weighted by Crippen LogP contribution is -1.84. The van der Waals surface area contributed by atoms with E-state index < -0.39 is 0 Å². The van der Waals surface area contributed by atoms with Crippen LogP contribution in [0.5, 0.6) is 11.5 Å². The van der Waals surface area contributed by atoms with Crippen molar-refractivity contribution in [2.75, 3.05) is 0 Å². The average Bonchev–Trinajstić information content (AvgIpc) is 2.51. The molecule has 0 aliphatic rings. The highest BCUT2D eigenvalue weighted by Crippen LogP contribution is 2.15. The second-order valence-electron chi connectivity index (χ2n) is 4.21. The van der Waals surface area contributed by atoms with E-state index in [1.165, 1.54) is 0 Å². The van der Waals surface area contributed by atoms with E-state index in [9.17, 15) is 0 Å². The van der Waals surface area contributed by atoms with Crippen molar-refractivity contribution in [1.82, 2.24) is 0 Å². The molecular weight excluding hydrogens is 264 g/mol. The van der Waals surface area contributed by atoms with Crippen LogP contribution in [0.4, 0.5) is 0 Å². The first-order valence-corrected chi connectivity index (χ1v) is 6.29. The van der Waals surface area contributed by atoms with E-state index in [1.54, 1.807) is 36.8 Å². The van der Waals surface area contributed by atoms with Gasteiger partial charge in [0, 0.05) is 0 Å². The van der Waals surface area contributed by atoms with Gasteiger partial charge in [-0.05, 0) is 41.8 Å². The largest absolute Gasteiger partial charge is 0.388 e. The van der Waals surface area contributed by atoms with Gasteiger partial charge in [0.15, 0.2) is 0 Å². The summed E-state index contributed by atoms with van der Waals surface area (Å²) in [4.78, 5) is 0. The first kappa shape index (κ1) is 14.2. The number of benzene rings is 2. The van der Waals surface area contributed by atoms with Crippen LogP contribution in [0.3, 0.4) is 0 Å². The third-order valence-electron chi connectivity index (χ3n) is 2.79. The van der Waals surface area contributed by atoms with Gasteiger partial charge in [0.1, 0.15) is 11.5 Å². The number of allylic oxidation sites excluding steroid dienone is 1. The molecule has 2 aromatic carbocycles. The molecule has 4 nitrogen and oxygen atoms in total. The van der Waals surface area contributed by atoms with Crippen molar-refractivity contribution in [3.05, 3.63) is 65.7 Å². The van der Waals surface area contributed by atoms with E-state index in [4.69, 9.17) is 20.0 Å². The Kier molecular flexibility index (Phi) is 4.98. The maximum Gasteiger partial charge on any atom is 0.292 e. The van der Waals surface area contributed by atoms with Gasteiger partial charge < -0.3 is 9.47 Å². The first-order chi connectivity index (χ1) is 10.3. The van der Waals surface area contributed by atoms with Crippen molar-refractivity contribution in [3.63, 3.8) is 0 Å². The van der Waals surface area contributed by atoms with Crippen LogP contribution in [0.25, 0.3) is 6.08 Å². The van der Waals surface area contributed by atoms with Crippen LogP contribution in [0.1, 0.15) is 11.1 Å². The lowest BCUT2D eigenvalue weighted by Gasteiger charge is -1.99. The zero-order valence-corrected chi connectivity index (χ0v) is 11.2. The first-order valence-electron chi connectivity index (χ1n) is 6.29. The Hall–Kier alpha value is -3.24. The fourth-order valence-electron chi connectivity index (χ4n) is 1.78. The van der Waals surface area contributed by atoms with E-state index in [0.717, 1.165) is 17.5 Å². The van der Waals surface area contributed by atoms with Gasteiger partial charge in [-0.2, -0.15) is 0 Å². The molecule has 2 rings (SSSR count). The summed E-state index contributed by atoms with van der Waals surface area (Å²) >= 11 is 0. The number of ether oxygens (including phenoxy) is 2. The van der Waals surface area contributed by atoms with Gasteiger partial charge in [0.25, 0.3) is 12.5 Å². The zero-order valence-electron chi connectivity index (χ0n) is 11.2. The number of nitrogens with zero attached hydrogens (tertiary/aromatic N) is 2. The van der Waals surface area contributed by atoms with Crippen LogP contribution in [0, 0.1) is 23.0 Å². The van der Waals surface area contributed by atoms with Gasteiger partial charge in [-0.3, -0.25) is 0 Å². The van der Waals surface area contributed by atoms with Gasteiger partial charge in [-0.1, -0.05) is 36.4 Å². The molecule has 0 unspecified atom stereocenters. The minimum absolute atomic E-state index is 0.530. The Morgan fingerprint density at radius 1 is 0.810 bits per heavy atom. The fourth-order valence-corrected chi connectivity index (χ4v) is 1.78. The highest BCUT2D eigenvalue weighted by atomic mass is 16.5. The number of nitriles is 2. The average molecular weight is 276 g/mol. The van der Waals surface area contributed by atoms with E-state index in [-0.39, 0.29) is 0 Å². The van der Waals surface area contributed by atoms with Crippen molar-refractivity contribution in [3.8, 4) is 24.0 Å². The summed E-state index contributed by atoms with van der Waals surface area (Å²) in [6, 6.07) is 14.6. The Balaban J connectivity index is 1.92. The second kappa shape index (κ2) is 7.37. The van der Waals surface area contributed by atoms with Gasteiger partial charge in [-0.15, -0.1) is 10.5 Å². The quantitative estimate of drug-likeness (QED) is 0.781. The predicted molar refractivity (Wildman–Crippen MR) is 78.1 cm³/mol. The Morgan fingerprint density at radius 2 is 1.33 bits per heavy atom. The maximum atomic E-state index is 8.40. The number of hydrogen-bond donors (Lipinski definition) is 0. The van der Waals surface area contributed by atoms with Gasteiger partial charge in [0.2, 0.25) is 0 Å². The molecule has 0 saturated heterocycles. The van der Waals surface area contributed by atoms with Crippen LogP contribution < -0.4 is 9.47 Å². The zero-order chi connectivity index (χ0) is 14.9. The van der Waals surface area contributed by atoms with E-state index >= 15 is 0 Å². The second-order valence-corrected chi connectivity index (χ2v) is 4.21. The van der Waals surface area contributed by atoms with E-state index in [0.29, 0.717) is 11.5 Å². The summed E-state index contributed by atoms with van der Waals surface area (Å²) in [6.07, 6.45) is 8.09. The molecule has 0 radical (unpaired) electrons. The molecule has 4 heteroatoms. The molecule has 0 heterocycles. The molecule has 0 aliphatic heterocycles. The molecule has 0 aromatic heterocycles. The molecule has 0 fully saturated rings. The SMILES string of the molecule is N#COc1ccc(C=CCc2ccc(OC#N)cc2)cc1. The minimum Gasteiger partial charge on any atom is -0.388 e. The third-order valence-corrected chi connectivity index (χ3v) is 2.79. The number of rotatable bonds is 5. The Bertz CT molecular complexity index is 690. The monoisotopic (exact) mass is 276 g/mol. The summed E-state index contributed by atoms with van der Waals surface area (Å²) in [7, 11) is 0. The maximum absolute atomic E-state index is 8.40. The van der Waals surface area contributed by atoms with E-state index in [2.05, 4.69) is 0 Å². The van der Waals surface area contributed by atoms with Crippen LogP contribution in [0.15, 0.2) is 54.6 Å². The summed E-state index contributed by atoms with van der Waals surface area (Å²) < 4.78 is 9.43. The molecule has 0 spiro atoms. The van der Waals surface area contributed by atoms with Gasteiger partial charge >= 0.3 is 0 Å². The number of hydrogen-bond acceptors (Lipinski definition) is 4. The van der Waals surface area contributed by atoms with Crippen molar-refractivity contribution < 1.29 is 9.47 Å². The molecule has 0 N–H and O–H groups in total. The van der Waals surface area contributed by atoms with Gasteiger partial charge in [0.05, 0.1) is 0 Å². The van der Waals surface area contributed by atoms with Crippen molar-refractivity contribution >= 4 is 6.08 Å². The molecule has 0 bridgehead atoms. The molecular formula is C17H12N2O2. The van der Waals surface area contributed by atoms with Crippen molar-refractivity contribution in [2.45, 2.75) is 6.42 Å². The predicted octanol–water partition coefficient (Wildman–Crippen LogP) is 3.66. The van der Waals surface area contributed by atoms with Crippen LogP contribution in [-0.4, -0.2) is 0 Å². The van der Waals surface area contributed by atoms with Crippen molar-refractivity contribution in [1.29, 1.82) is 10.5 Å². The standard InChI is InChI=1S/C17H12N2O2/c18-12-20-16-8-4-14(5-9-16)2-1-3-15-6-10-17(11-7-15)21-13-19/h1-2,4-11H,3H2. The van der Waals surface area contributed by atoms with Gasteiger partial charge in [-0.25, -0.2) is 0 Å². The molecule has 0 amide bonds. The Morgan fingerprint density at radius 3 is 1.86 bits per heavy atom. The highest BCUT2D eigenvalue weighted by Gasteiger charge is 1.95. The summed E-state index contributed by atoms with van der Waals surface area (Å²) in [6.45, 7) is 0. The highest BCUT2D eigenvalue weighted by molar-refractivity contribution is 5.51. The summed E-state index contributed by atoms with van der Waals surface area (Å²) in [5.41, 5.74) is 2.16. The Labute approximate surface area is 123 Å². The third kappa shape index (κ3) is 4.41. The summed E-state index contributed by atoms with van der Waals surface area (Å²) in [5.74, 6) is 1.07. The molecule has 2 aromatic rings. The molecule has 0 atom stereocenters. The molecule has 102 valence electrons. The van der Waals surface area contributed by atoms with Crippen LogP contribution >= 0.6 is 0 Å². The minimum atomic E-state index is 0.530. The van der Waals surface area contributed by atoms with E-state index in [1.807, 2.05) is 36.4 Å².